The van der Waals surface area contributed by atoms with E-state index < -0.39 is 0 Å². The molecule has 3 aromatic rings. The Labute approximate surface area is 96.8 Å². The van der Waals surface area contributed by atoms with Gasteiger partial charge in [0.2, 0.25) is 5.88 Å². The first-order valence-corrected chi connectivity index (χ1v) is 5.25. The maximum Gasteiger partial charge on any atom is 0.333 e. The maximum atomic E-state index is 11.6. The minimum absolute atomic E-state index is 0.0913. The number of hydrogen-bond donors (Lipinski definition) is 2. The van der Waals surface area contributed by atoms with Crippen molar-refractivity contribution in [3.05, 3.63) is 59.1 Å². The Morgan fingerprint density at radius 1 is 1.06 bits per heavy atom. The summed E-state index contributed by atoms with van der Waals surface area (Å²) in [7, 11) is 0. The third-order valence-corrected chi connectivity index (χ3v) is 2.76. The van der Waals surface area contributed by atoms with E-state index in [2.05, 4.69) is 4.98 Å². The van der Waals surface area contributed by atoms with Gasteiger partial charge in [-0.2, -0.15) is 0 Å². The molecule has 17 heavy (non-hydrogen) atoms. The van der Waals surface area contributed by atoms with Gasteiger partial charge in [-0.1, -0.05) is 36.4 Å². The molecule has 3 rings (SSSR count). The Hall–Kier alpha value is -2.49. The number of imidazole rings is 1. The lowest BCUT2D eigenvalue weighted by atomic mass is 10.1. The number of fused-ring (bicyclic) bond motifs is 1. The molecule has 0 aliphatic carbocycles. The van der Waals surface area contributed by atoms with Crippen LogP contribution in [0.15, 0.2) is 53.5 Å². The lowest BCUT2D eigenvalue weighted by Gasteiger charge is -2.07. The number of rotatable bonds is 1. The minimum atomic E-state index is -0.348. The van der Waals surface area contributed by atoms with Crippen molar-refractivity contribution in [3.8, 4) is 11.6 Å². The van der Waals surface area contributed by atoms with E-state index in [1.54, 1.807) is 6.07 Å². The van der Waals surface area contributed by atoms with E-state index in [0.29, 0.717) is 5.69 Å². The fourth-order valence-electron chi connectivity index (χ4n) is 2.00. The Morgan fingerprint density at radius 2 is 1.82 bits per heavy atom. The van der Waals surface area contributed by atoms with Gasteiger partial charge in [-0.25, -0.2) is 9.36 Å². The van der Waals surface area contributed by atoms with Crippen molar-refractivity contribution in [2.24, 2.45) is 0 Å². The van der Waals surface area contributed by atoms with Gasteiger partial charge in [0.1, 0.15) is 0 Å². The summed E-state index contributed by atoms with van der Waals surface area (Å²) >= 11 is 0. The maximum absolute atomic E-state index is 11.6. The quantitative estimate of drug-likeness (QED) is 0.667. The van der Waals surface area contributed by atoms with Crippen LogP contribution in [0, 0.1) is 0 Å². The van der Waals surface area contributed by atoms with Gasteiger partial charge in [0.15, 0.2) is 0 Å². The predicted octanol–water partition coefficient (Wildman–Crippen LogP) is 2.02. The third kappa shape index (κ3) is 1.42. The molecule has 0 spiro atoms. The zero-order chi connectivity index (χ0) is 11.8. The predicted molar refractivity (Wildman–Crippen MR) is 65.6 cm³/mol. The van der Waals surface area contributed by atoms with Crippen molar-refractivity contribution in [2.75, 3.05) is 0 Å². The summed E-state index contributed by atoms with van der Waals surface area (Å²) in [5, 5.41) is 11.6. The highest BCUT2D eigenvalue weighted by Gasteiger charge is 2.09. The zero-order valence-electron chi connectivity index (χ0n) is 8.92. The summed E-state index contributed by atoms with van der Waals surface area (Å²) in [6.45, 7) is 0. The summed E-state index contributed by atoms with van der Waals surface area (Å²) < 4.78 is 1.25. The van der Waals surface area contributed by atoms with Gasteiger partial charge in [0.25, 0.3) is 0 Å². The Bertz CT molecular complexity index is 735. The topological polar surface area (TPSA) is 58.0 Å². The molecule has 0 unspecified atom stereocenters. The van der Waals surface area contributed by atoms with Gasteiger partial charge in [-0.3, -0.25) is 0 Å². The molecule has 0 saturated heterocycles. The Morgan fingerprint density at radius 3 is 2.59 bits per heavy atom. The van der Waals surface area contributed by atoms with E-state index in [9.17, 15) is 9.90 Å². The molecule has 0 atom stereocenters. The minimum Gasteiger partial charge on any atom is -0.493 e. The molecule has 0 fully saturated rings. The normalized spacial score (nSPS) is 10.8. The first kappa shape index (κ1) is 9.72. The number of aromatic nitrogens is 2. The summed E-state index contributed by atoms with van der Waals surface area (Å²) in [6.07, 6.45) is 1.28. The van der Waals surface area contributed by atoms with Crippen LogP contribution < -0.4 is 5.69 Å². The first-order chi connectivity index (χ1) is 8.27. The van der Waals surface area contributed by atoms with Crippen LogP contribution in [-0.4, -0.2) is 14.7 Å². The third-order valence-electron chi connectivity index (χ3n) is 2.76. The average molecular weight is 226 g/mol. The number of aromatic hydroxyl groups is 1. The molecule has 2 N–H and O–H groups in total. The first-order valence-electron chi connectivity index (χ1n) is 5.25. The van der Waals surface area contributed by atoms with E-state index in [1.165, 1.54) is 10.8 Å². The number of H-pyrrole nitrogens is 1. The van der Waals surface area contributed by atoms with Crippen LogP contribution in [0.1, 0.15) is 0 Å². The Kier molecular flexibility index (Phi) is 2.01. The number of nitrogens with zero attached hydrogens (tertiary/aromatic N) is 1. The van der Waals surface area contributed by atoms with Gasteiger partial charge in [-0.15, -0.1) is 0 Å². The molecule has 1 heterocycles. The fraction of sp³-hybridized carbons (Fsp3) is 0. The van der Waals surface area contributed by atoms with Crippen LogP contribution in [0.3, 0.4) is 0 Å². The molecule has 0 radical (unpaired) electrons. The standard InChI is InChI=1S/C13H10N2O2/c16-12-8-14-13(17)15(12)11-7-3-5-9-4-1-2-6-10(9)11/h1-8,16H,(H,14,17). The monoisotopic (exact) mass is 226 g/mol. The molecule has 1 aromatic heterocycles. The lowest BCUT2D eigenvalue weighted by molar-refractivity contribution is 0.441. The van der Waals surface area contributed by atoms with Crippen molar-refractivity contribution in [3.63, 3.8) is 0 Å². The van der Waals surface area contributed by atoms with E-state index in [1.807, 2.05) is 36.4 Å². The lowest BCUT2D eigenvalue weighted by Crippen LogP contribution is -2.14. The molecule has 4 heteroatoms. The van der Waals surface area contributed by atoms with Gasteiger partial charge < -0.3 is 10.1 Å². The van der Waals surface area contributed by atoms with Crippen molar-refractivity contribution < 1.29 is 5.11 Å². The van der Waals surface area contributed by atoms with Crippen LogP contribution >= 0.6 is 0 Å². The zero-order valence-corrected chi connectivity index (χ0v) is 8.92. The van der Waals surface area contributed by atoms with Gasteiger partial charge >= 0.3 is 5.69 Å². The van der Waals surface area contributed by atoms with Gasteiger partial charge in [-0.05, 0) is 11.5 Å². The summed E-state index contributed by atoms with van der Waals surface area (Å²) in [4.78, 5) is 14.1. The molecule has 0 bridgehead atoms. The average Bonchev–Trinajstić information content (AvgIpc) is 2.69. The summed E-state index contributed by atoms with van der Waals surface area (Å²) in [5.41, 5.74) is 0.325. The second-order valence-corrected chi connectivity index (χ2v) is 3.79. The van der Waals surface area contributed by atoms with Crippen LogP contribution in [0.5, 0.6) is 5.88 Å². The fourth-order valence-corrected chi connectivity index (χ4v) is 2.00. The molecule has 0 saturated carbocycles. The largest absolute Gasteiger partial charge is 0.493 e. The number of benzene rings is 2. The number of aromatic amines is 1. The molecular formula is C13H10N2O2. The number of nitrogens with one attached hydrogen (secondary N) is 1. The second kappa shape index (κ2) is 3.52. The number of hydrogen-bond acceptors (Lipinski definition) is 2. The van der Waals surface area contributed by atoms with Crippen molar-refractivity contribution in [1.29, 1.82) is 0 Å². The Balaban J connectivity index is 2.43. The molecule has 0 aliphatic rings. The van der Waals surface area contributed by atoms with Crippen LogP contribution in [0.4, 0.5) is 0 Å². The van der Waals surface area contributed by atoms with Crippen LogP contribution in [0.2, 0.25) is 0 Å². The van der Waals surface area contributed by atoms with E-state index in [0.717, 1.165) is 10.8 Å². The van der Waals surface area contributed by atoms with Crippen LogP contribution in [0.25, 0.3) is 16.5 Å². The second-order valence-electron chi connectivity index (χ2n) is 3.79. The highest BCUT2D eigenvalue weighted by atomic mass is 16.3. The molecule has 0 aliphatic heterocycles. The molecule has 2 aromatic carbocycles. The molecule has 84 valence electrons. The van der Waals surface area contributed by atoms with E-state index in [4.69, 9.17) is 0 Å². The van der Waals surface area contributed by atoms with Crippen molar-refractivity contribution in [2.45, 2.75) is 0 Å². The van der Waals surface area contributed by atoms with Gasteiger partial charge in [0, 0.05) is 5.39 Å². The SMILES string of the molecule is O=c1[nH]cc(O)n1-c1cccc2ccccc12. The smallest absolute Gasteiger partial charge is 0.333 e. The molecule has 0 amide bonds. The van der Waals surface area contributed by atoms with Crippen LogP contribution in [-0.2, 0) is 0 Å². The van der Waals surface area contributed by atoms with E-state index in [-0.39, 0.29) is 11.6 Å². The van der Waals surface area contributed by atoms with E-state index >= 15 is 0 Å². The van der Waals surface area contributed by atoms with Crippen molar-refractivity contribution in [1.82, 2.24) is 9.55 Å². The highest BCUT2D eigenvalue weighted by Crippen LogP contribution is 2.23. The molecule has 4 nitrogen and oxygen atoms in total. The van der Waals surface area contributed by atoms with Crippen molar-refractivity contribution >= 4 is 10.8 Å². The summed E-state index contributed by atoms with van der Waals surface area (Å²) in [5.74, 6) is -0.0913. The highest BCUT2D eigenvalue weighted by molar-refractivity contribution is 5.90. The molecular weight excluding hydrogens is 216 g/mol. The summed E-state index contributed by atoms with van der Waals surface area (Å²) in [6, 6.07) is 13.4. The van der Waals surface area contributed by atoms with Gasteiger partial charge in [0.05, 0.1) is 11.9 Å².